The molecular weight excluding hydrogens is 212 g/mol. The second kappa shape index (κ2) is 5.32. The lowest BCUT2D eigenvalue weighted by molar-refractivity contribution is -0.120. The first kappa shape index (κ1) is 13.7. The largest absolute Gasteiger partial charge is 0.324 e. The van der Waals surface area contributed by atoms with Gasteiger partial charge in [-0.05, 0) is 37.8 Å². The number of nitrogens with two attached hydrogens (primary N) is 1. The Bertz CT molecular complexity index is 383. The van der Waals surface area contributed by atoms with Crippen molar-refractivity contribution >= 4 is 11.6 Å². The molecule has 0 bridgehead atoms. The summed E-state index contributed by atoms with van der Waals surface area (Å²) in [5, 5.41) is 2.96. The number of benzene rings is 1. The number of anilines is 1. The molecule has 1 amide bonds. The highest BCUT2D eigenvalue weighted by Crippen LogP contribution is 2.23. The maximum atomic E-state index is 11.9. The van der Waals surface area contributed by atoms with E-state index in [0.29, 0.717) is 0 Å². The van der Waals surface area contributed by atoms with Gasteiger partial charge in [0.1, 0.15) is 0 Å². The summed E-state index contributed by atoms with van der Waals surface area (Å²) in [6.07, 6.45) is 1.79. The van der Waals surface area contributed by atoms with Crippen molar-refractivity contribution in [3.05, 3.63) is 29.3 Å². The molecule has 0 heterocycles. The summed E-state index contributed by atoms with van der Waals surface area (Å²) in [4.78, 5) is 11.9. The van der Waals surface area contributed by atoms with Crippen molar-refractivity contribution in [2.45, 2.75) is 46.1 Å². The van der Waals surface area contributed by atoms with Crippen LogP contribution in [0.25, 0.3) is 0 Å². The van der Waals surface area contributed by atoms with Gasteiger partial charge in [0, 0.05) is 5.69 Å². The van der Waals surface area contributed by atoms with Crippen LogP contribution in [0.2, 0.25) is 0 Å². The monoisotopic (exact) mass is 234 g/mol. The number of nitrogens with one attached hydrogen (secondary N) is 1. The van der Waals surface area contributed by atoms with E-state index in [1.165, 1.54) is 0 Å². The maximum absolute atomic E-state index is 11.9. The fourth-order valence-electron chi connectivity index (χ4n) is 1.68. The zero-order valence-electron chi connectivity index (χ0n) is 11.1. The lowest BCUT2D eigenvalue weighted by atomic mass is 10.0. The minimum absolute atomic E-state index is 0.145. The Morgan fingerprint density at radius 3 is 2.06 bits per heavy atom. The van der Waals surface area contributed by atoms with Crippen molar-refractivity contribution in [2.24, 2.45) is 5.73 Å². The van der Waals surface area contributed by atoms with E-state index in [1.54, 1.807) is 13.8 Å². The molecule has 1 aromatic carbocycles. The van der Waals surface area contributed by atoms with Crippen LogP contribution < -0.4 is 11.1 Å². The average molecular weight is 234 g/mol. The van der Waals surface area contributed by atoms with Gasteiger partial charge in [0.15, 0.2) is 0 Å². The van der Waals surface area contributed by atoms with Crippen LogP contribution in [0.4, 0.5) is 5.69 Å². The van der Waals surface area contributed by atoms with Gasteiger partial charge in [0.05, 0.1) is 5.54 Å². The standard InChI is InChI=1S/C14H22N2O/c1-5-10-8-7-9-11(6-2)12(10)16-13(17)14(3,4)15/h7-9H,5-6,15H2,1-4H3,(H,16,17). The zero-order chi connectivity index (χ0) is 13.1. The summed E-state index contributed by atoms with van der Waals surface area (Å²) >= 11 is 0. The second-order valence-electron chi connectivity index (χ2n) is 4.83. The van der Waals surface area contributed by atoms with Crippen LogP contribution in [0, 0.1) is 0 Å². The summed E-state index contributed by atoms with van der Waals surface area (Å²) in [6, 6.07) is 6.11. The van der Waals surface area contributed by atoms with Crippen molar-refractivity contribution in [1.29, 1.82) is 0 Å². The fraction of sp³-hybridized carbons (Fsp3) is 0.500. The molecule has 0 aliphatic rings. The van der Waals surface area contributed by atoms with E-state index in [4.69, 9.17) is 5.73 Å². The van der Waals surface area contributed by atoms with Gasteiger partial charge in [0.2, 0.25) is 5.91 Å². The molecule has 0 radical (unpaired) electrons. The van der Waals surface area contributed by atoms with Gasteiger partial charge in [0.25, 0.3) is 0 Å². The molecule has 3 N–H and O–H groups in total. The Morgan fingerprint density at radius 2 is 1.71 bits per heavy atom. The van der Waals surface area contributed by atoms with Gasteiger partial charge in [-0.25, -0.2) is 0 Å². The number of rotatable bonds is 4. The molecule has 0 aromatic heterocycles. The first-order valence-corrected chi connectivity index (χ1v) is 6.11. The van der Waals surface area contributed by atoms with Crippen LogP contribution in [-0.2, 0) is 17.6 Å². The number of carbonyl (C=O) groups excluding carboxylic acids is 1. The fourth-order valence-corrected chi connectivity index (χ4v) is 1.68. The lowest BCUT2D eigenvalue weighted by Crippen LogP contribution is -2.45. The summed E-state index contributed by atoms with van der Waals surface area (Å²) in [5.74, 6) is -0.145. The van der Waals surface area contributed by atoms with Crippen molar-refractivity contribution < 1.29 is 4.79 Å². The minimum Gasteiger partial charge on any atom is -0.324 e. The number of carbonyl (C=O) groups is 1. The van der Waals surface area contributed by atoms with Gasteiger partial charge in [-0.1, -0.05) is 32.0 Å². The Labute approximate surface area is 103 Å². The van der Waals surface area contributed by atoms with Crippen LogP contribution in [-0.4, -0.2) is 11.4 Å². The van der Waals surface area contributed by atoms with E-state index in [0.717, 1.165) is 29.7 Å². The molecular formula is C14H22N2O. The van der Waals surface area contributed by atoms with Crippen LogP contribution in [0.1, 0.15) is 38.8 Å². The molecule has 0 aliphatic heterocycles. The first-order valence-electron chi connectivity index (χ1n) is 6.11. The highest BCUT2D eigenvalue weighted by molar-refractivity contribution is 5.98. The predicted molar refractivity (Wildman–Crippen MR) is 72.1 cm³/mol. The number of aryl methyl sites for hydroxylation is 2. The van der Waals surface area contributed by atoms with E-state index in [2.05, 4.69) is 19.2 Å². The third kappa shape index (κ3) is 3.30. The van der Waals surface area contributed by atoms with Crippen LogP contribution >= 0.6 is 0 Å². The SMILES string of the molecule is CCc1cccc(CC)c1NC(=O)C(C)(C)N. The lowest BCUT2D eigenvalue weighted by Gasteiger charge is -2.21. The maximum Gasteiger partial charge on any atom is 0.243 e. The summed E-state index contributed by atoms with van der Waals surface area (Å²) in [6.45, 7) is 7.58. The number of amides is 1. The highest BCUT2D eigenvalue weighted by atomic mass is 16.2. The molecule has 3 heteroatoms. The first-order chi connectivity index (χ1) is 7.90. The zero-order valence-corrected chi connectivity index (χ0v) is 11.1. The average Bonchev–Trinajstić information content (AvgIpc) is 2.28. The smallest absolute Gasteiger partial charge is 0.243 e. The molecule has 3 nitrogen and oxygen atoms in total. The summed E-state index contributed by atoms with van der Waals surface area (Å²) in [7, 11) is 0. The summed E-state index contributed by atoms with van der Waals surface area (Å²) < 4.78 is 0. The van der Waals surface area contributed by atoms with Crippen molar-refractivity contribution in [3.63, 3.8) is 0 Å². The molecule has 0 atom stereocenters. The highest BCUT2D eigenvalue weighted by Gasteiger charge is 2.23. The van der Waals surface area contributed by atoms with Gasteiger partial charge in [-0.2, -0.15) is 0 Å². The van der Waals surface area contributed by atoms with Gasteiger partial charge < -0.3 is 11.1 Å². The molecule has 0 unspecified atom stereocenters. The van der Waals surface area contributed by atoms with E-state index in [9.17, 15) is 4.79 Å². The van der Waals surface area contributed by atoms with E-state index in [-0.39, 0.29) is 5.91 Å². The molecule has 0 spiro atoms. The van der Waals surface area contributed by atoms with Crippen molar-refractivity contribution in [3.8, 4) is 0 Å². The molecule has 17 heavy (non-hydrogen) atoms. The molecule has 0 aliphatic carbocycles. The third-order valence-corrected chi connectivity index (χ3v) is 2.82. The van der Waals surface area contributed by atoms with Gasteiger partial charge in [-0.15, -0.1) is 0 Å². The molecule has 0 saturated heterocycles. The Kier molecular flexibility index (Phi) is 4.29. The second-order valence-corrected chi connectivity index (χ2v) is 4.83. The number of hydrogen-bond donors (Lipinski definition) is 2. The molecule has 1 aromatic rings. The van der Waals surface area contributed by atoms with E-state index in [1.807, 2.05) is 18.2 Å². The van der Waals surface area contributed by atoms with Gasteiger partial charge in [-0.3, -0.25) is 4.79 Å². The Balaban J connectivity index is 3.08. The van der Waals surface area contributed by atoms with Crippen molar-refractivity contribution in [2.75, 3.05) is 5.32 Å². The van der Waals surface area contributed by atoms with Crippen LogP contribution in [0.15, 0.2) is 18.2 Å². The molecule has 0 fully saturated rings. The Morgan fingerprint density at radius 1 is 1.24 bits per heavy atom. The molecule has 0 saturated carbocycles. The molecule has 94 valence electrons. The molecule has 1 rings (SSSR count). The van der Waals surface area contributed by atoms with Crippen molar-refractivity contribution in [1.82, 2.24) is 0 Å². The van der Waals surface area contributed by atoms with Gasteiger partial charge >= 0.3 is 0 Å². The Hall–Kier alpha value is -1.35. The summed E-state index contributed by atoms with van der Waals surface area (Å²) in [5.41, 5.74) is 8.18. The number of hydrogen-bond acceptors (Lipinski definition) is 2. The van der Waals surface area contributed by atoms with Crippen LogP contribution in [0.5, 0.6) is 0 Å². The predicted octanol–water partition coefficient (Wildman–Crippen LogP) is 2.49. The van der Waals surface area contributed by atoms with E-state index < -0.39 is 5.54 Å². The topological polar surface area (TPSA) is 55.1 Å². The normalized spacial score (nSPS) is 11.4. The third-order valence-electron chi connectivity index (χ3n) is 2.82. The minimum atomic E-state index is -0.855. The van der Waals surface area contributed by atoms with Crippen LogP contribution in [0.3, 0.4) is 0 Å². The number of para-hydroxylation sites is 1. The quantitative estimate of drug-likeness (QED) is 0.841. The van der Waals surface area contributed by atoms with E-state index >= 15 is 0 Å².